The molecular weight excluding hydrogens is 222 g/mol. The van der Waals surface area contributed by atoms with Crippen molar-refractivity contribution in [1.29, 1.82) is 0 Å². The van der Waals surface area contributed by atoms with E-state index < -0.39 is 0 Å². The predicted octanol–water partition coefficient (Wildman–Crippen LogP) is 2.53. The Morgan fingerprint density at radius 3 is 2.58 bits per heavy atom. The molecule has 0 aliphatic carbocycles. The second-order valence-electron chi connectivity index (χ2n) is 2.63. The average Bonchev–Trinajstić information content (AvgIpc) is 2.27. The molecule has 0 unspecified atom stereocenters. The molecule has 1 heterocycles. The summed E-state index contributed by atoms with van der Waals surface area (Å²) in [4.78, 5) is 6.10. The Morgan fingerprint density at radius 2 is 1.83 bits per heavy atom. The number of hydrogen-bond acceptors (Lipinski definition) is 1. The summed E-state index contributed by atoms with van der Waals surface area (Å²) >= 11 is 4.95. The third-order valence-corrected chi connectivity index (χ3v) is 1.88. The number of hydrogen-bond donors (Lipinski definition) is 2. The number of fused-ring (bicyclic) bond motifs is 1. The van der Waals surface area contributed by atoms with Crippen LogP contribution in [-0.2, 0) is 19.5 Å². The summed E-state index contributed by atoms with van der Waals surface area (Å²) in [5.41, 5.74) is 3.39. The van der Waals surface area contributed by atoms with E-state index in [9.17, 15) is 0 Å². The average molecular weight is 230 g/mol. The van der Waals surface area contributed by atoms with Crippen LogP contribution < -0.4 is 0 Å². The van der Waals surface area contributed by atoms with E-state index >= 15 is 0 Å². The van der Waals surface area contributed by atoms with Gasteiger partial charge in [-0.05, 0) is 36.8 Å². The molecule has 1 aromatic carbocycles. The van der Waals surface area contributed by atoms with E-state index in [1.807, 2.05) is 6.07 Å². The van der Waals surface area contributed by atoms with Gasteiger partial charge < -0.3 is 9.97 Å². The number of H-pyrrole nitrogens is 2. The van der Waals surface area contributed by atoms with Crippen LogP contribution in [0.25, 0.3) is 11.0 Å². The monoisotopic (exact) mass is 228 g/mol. The van der Waals surface area contributed by atoms with E-state index in [1.54, 1.807) is 0 Å². The Morgan fingerprint density at radius 1 is 1.17 bits per heavy atom. The molecule has 0 fully saturated rings. The van der Waals surface area contributed by atoms with Gasteiger partial charge in [0, 0.05) is 19.5 Å². The molecule has 0 aliphatic heterocycles. The Bertz CT molecular complexity index is 443. The fourth-order valence-electron chi connectivity index (χ4n) is 1.15. The van der Waals surface area contributed by atoms with Gasteiger partial charge in [-0.3, -0.25) is 0 Å². The van der Waals surface area contributed by atoms with Crippen molar-refractivity contribution in [3.8, 4) is 0 Å². The van der Waals surface area contributed by atoms with Gasteiger partial charge >= 0.3 is 0 Å². The fourth-order valence-corrected chi connectivity index (χ4v) is 1.37. The van der Waals surface area contributed by atoms with Crippen molar-refractivity contribution in [2.75, 3.05) is 0 Å². The van der Waals surface area contributed by atoms with Crippen LogP contribution in [0.2, 0.25) is 0 Å². The number of aromatic amines is 2. The molecule has 0 saturated heterocycles. The van der Waals surface area contributed by atoms with Crippen LogP contribution in [-0.4, -0.2) is 9.97 Å². The molecule has 0 saturated carbocycles. The fraction of sp³-hybridized carbons (Fsp3) is 0.125. The zero-order valence-corrected chi connectivity index (χ0v) is 10.6. The van der Waals surface area contributed by atoms with Crippen LogP contribution in [0.3, 0.4) is 0 Å². The van der Waals surface area contributed by atoms with Gasteiger partial charge in [0.05, 0.1) is 11.0 Å². The van der Waals surface area contributed by atoms with Crippen LogP contribution >= 0.6 is 12.2 Å². The first-order chi connectivity index (χ1) is 5.25. The summed E-state index contributed by atoms with van der Waals surface area (Å²) < 4.78 is 0.686. The van der Waals surface area contributed by atoms with Gasteiger partial charge in [-0.15, -0.1) is 0 Å². The number of aryl methyl sites for hydroxylation is 1. The number of aromatic nitrogens is 2. The minimum Gasteiger partial charge on any atom is -0.331 e. The van der Waals surface area contributed by atoms with E-state index in [-0.39, 0.29) is 19.5 Å². The summed E-state index contributed by atoms with van der Waals surface area (Å²) in [6.45, 7) is 2.06. The topological polar surface area (TPSA) is 31.6 Å². The molecule has 12 heavy (non-hydrogen) atoms. The van der Waals surface area contributed by atoms with Crippen molar-refractivity contribution in [2.24, 2.45) is 0 Å². The van der Waals surface area contributed by atoms with Gasteiger partial charge in [0.1, 0.15) is 0 Å². The maximum atomic E-state index is 4.95. The van der Waals surface area contributed by atoms with Crippen LogP contribution in [0, 0.1) is 11.7 Å². The molecule has 4 heteroatoms. The molecule has 2 N–H and O–H groups in total. The second-order valence-corrected chi connectivity index (χ2v) is 3.04. The maximum Gasteiger partial charge on any atom is 0.175 e. The van der Waals surface area contributed by atoms with Crippen LogP contribution in [0.15, 0.2) is 18.2 Å². The third kappa shape index (κ3) is 1.65. The minimum atomic E-state index is 0. The van der Waals surface area contributed by atoms with E-state index in [1.165, 1.54) is 5.56 Å². The van der Waals surface area contributed by atoms with Crippen molar-refractivity contribution >= 4 is 23.3 Å². The van der Waals surface area contributed by atoms with Gasteiger partial charge in [0.25, 0.3) is 0 Å². The molecule has 1 aromatic heterocycles. The first-order valence-electron chi connectivity index (χ1n) is 3.44. The standard InChI is InChI=1S/C8H8N2S.Zn/c1-5-2-3-6-7(4-5)10-8(11)9-6;/h2-4H,1H3,(H2,9,10,11);. The second kappa shape index (κ2) is 3.50. The zero-order valence-electron chi connectivity index (χ0n) is 6.85. The zero-order chi connectivity index (χ0) is 7.84. The van der Waals surface area contributed by atoms with E-state index in [2.05, 4.69) is 29.0 Å². The molecule has 58 valence electrons. The third-order valence-electron chi connectivity index (χ3n) is 1.67. The van der Waals surface area contributed by atoms with Crippen LogP contribution in [0.1, 0.15) is 5.56 Å². The summed E-state index contributed by atoms with van der Waals surface area (Å²) in [7, 11) is 0. The number of benzene rings is 1. The molecule has 0 atom stereocenters. The Kier molecular flexibility index (Phi) is 2.81. The Balaban J connectivity index is 0.000000720. The van der Waals surface area contributed by atoms with Crippen molar-refractivity contribution in [3.05, 3.63) is 28.5 Å². The van der Waals surface area contributed by atoms with Crippen molar-refractivity contribution < 1.29 is 19.5 Å². The molecule has 0 amide bonds. The molecule has 2 rings (SSSR count). The van der Waals surface area contributed by atoms with E-state index in [0.29, 0.717) is 4.77 Å². The Hall–Kier alpha value is -0.467. The summed E-state index contributed by atoms with van der Waals surface area (Å²) in [5, 5.41) is 0. The number of imidazole rings is 1. The van der Waals surface area contributed by atoms with Gasteiger partial charge in [-0.25, -0.2) is 0 Å². The van der Waals surface area contributed by atoms with Crippen molar-refractivity contribution in [2.45, 2.75) is 6.92 Å². The van der Waals surface area contributed by atoms with Gasteiger partial charge in [0.2, 0.25) is 0 Å². The van der Waals surface area contributed by atoms with Crippen molar-refractivity contribution in [3.63, 3.8) is 0 Å². The van der Waals surface area contributed by atoms with Gasteiger partial charge in [-0.2, -0.15) is 0 Å². The van der Waals surface area contributed by atoms with E-state index in [0.717, 1.165) is 11.0 Å². The van der Waals surface area contributed by atoms with Gasteiger partial charge in [-0.1, -0.05) is 6.07 Å². The summed E-state index contributed by atoms with van der Waals surface area (Å²) in [6, 6.07) is 6.15. The largest absolute Gasteiger partial charge is 0.331 e. The number of nitrogens with one attached hydrogen (secondary N) is 2. The maximum absolute atomic E-state index is 4.95. The van der Waals surface area contributed by atoms with Crippen molar-refractivity contribution in [1.82, 2.24) is 9.97 Å². The number of rotatable bonds is 0. The quantitative estimate of drug-likeness (QED) is 0.528. The normalized spacial score (nSPS) is 9.75. The van der Waals surface area contributed by atoms with E-state index in [4.69, 9.17) is 12.2 Å². The molecule has 2 nitrogen and oxygen atoms in total. The molecule has 0 spiro atoms. The molecular formula is C8H8N2SZn. The predicted molar refractivity (Wildman–Crippen MR) is 48.2 cm³/mol. The van der Waals surface area contributed by atoms with Crippen LogP contribution in [0.5, 0.6) is 0 Å². The smallest absolute Gasteiger partial charge is 0.175 e. The summed E-state index contributed by atoms with van der Waals surface area (Å²) in [6.07, 6.45) is 0. The molecule has 0 aliphatic rings. The molecule has 0 bridgehead atoms. The summed E-state index contributed by atoms with van der Waals surface area (Å²) in [5.74, 6) is 0. The first-order valence-corrected chi connectivity index (χ1v) is 3.85. The first kappa shape index (κ1) is 9.62. The van der Waals surface area contributed by atoms with Crippen LogP contribution in [0.4, 0.5) is 0 Å². The molecule has 0 radical (unpaired) electrons. The molecule has 2 aromatic rings. The Labute approximate surface area is 88.1 Å². The minimum absolute atomic E-state index is 0. The SMILES string of the molecule is Cc1ccc2[nH]c(=S)[nH]c2c1.[Zn]. The van der Waals surface area contributed by atoms with Gasteiger partial charge in [0.15, 0.2) is 4.77 Å².